The van der Waals surface area contributed by atoms with E-state index < -0.39 is 11.8 Å². The lowest BCUT2D eigenvalue weighted by Crippen LogP contribution is -2.41. The maximum Gasteiger partial charge on any atom is 0.286 e. The lowest BCUT2D eigenvalue weighted by molar-refractivity contribution is 0.0843. The normalized spacial score (nSPS) is 12.6. The molecule has 7 heteroatoms. The summed E-state index contributed by atoms with van der Waals surface area (Å²) in [6.07, 6.45) is 1.62. The molecule has 0 atom stereocenters. The Hall–Kier alpha value is -2.96. The summed E-state index contributed by atoms with van der Waals surface area (Å²) >= 11 is 0. The largest absolute Gasteiger partial charge is 0.486 e. The van der Waals surface area contributed by atoms with Crippen LogP contribution in [0, 0.1) is 0 Å². The monoisotopic (exact) mass is 287 g/mol. The van der Waals surface area contributed by atoms with Gasteiger partial charge in [0, 0.05) is 11.8 Å². The highest BCUT2D eigenvalue weighted by Crippen LogP contribution is 2.30. The molecule has 3 rings (SSSR count). The van der Waals surface area contributed by atoms with Crippen LogP contribution < -0.4 is 20.3 Å². The van der Waals surface area contributed by atoms with Crippen LogP contribution in [0.5, 0.6) is 11.5 Å². The van der Waals surface area contributed by atoms with Gasteiger partial charge >= 0.3 is 0 Å². The number of hydrogen-bond donors (Lipinski definition) is 3. The number of aromatic nitrogens is 1. The molecule has 0 aliphatic carbocycles. The number of aromatic amines is 1. The Morgan fingerprint density at radius 1 is 1.00 bits per heavy atom. The first-order chi connectivity index (χ1) is 10.2. The van der Waals surface area contributed by atoms with Crippen molar-refractivity contribution in [1.29, 1.82) is 0 Å². The number of rotatable bonds is 2. The molecular weight excluding hydrogens is 274 g/mol. The van der Waals surface area contributed by atoms with Crippen molar-refractivity contribution in [2.45, 2.75) is 0 Å². The van der Waals surface area contributed by atoms with E-state index >= 15 is 0 Å². The number of carbonyl (C=O) groups excluding carboxylic acids is 2. The molecule has 21 heavy (non-hydrogen) atoms. The SMILES string of the molecule is O=C(NNC(=O)c1ccc[nH]1)c1ccc2c(c1)OCCO2. The Labute approximate surface area is 120 Å². The summed E-state index contributed by atoms with van der Waals surface area (Å²) in [7, 11) is 0. The topological polar surface area (TPSA) is 92.5 Å². The van der Waals surface area contributed by atoms with Crippen LogP contribution in [0.15, 0.2) is 36.5 Å². The predicted molar refractivity (Wildman–Crippen MR) is 73.2 cm³/mol. The number of hydrazine groups is 1. The third-order valence-corrected chi connectivity index (χ3v) is 2.94. The van der Waals surface area contributed by atoms with E-state index in [0.29, 0.717) is 36.0 Å². The fourth-order valence-corrected chi connectivity index (χ4v) is 1.91. The second kappa shape index (κ2) is 5.58. The molecule has 0 saturated carbocycles. The number of hydrogen-bond acceptors (Lipinski definition) is 4. The summed E-state index contributed by atoms with van der Waals surface area (Å²) < 4.78 is 10.8. The molecule has 2 aromatic rings. The molecule has 1 aromatic heterocycles. The van der Waals surface area contributed by atoms with Gasteiger partial charge in [-0.05, 0) is 30.3 Å². The van der Waals surface area contributed by atoms with E-state index in [1.807, 2.05) is 0 Å². The molecule has 1 aromatic carbocycles. The predicted octanol–water partition coefficient (Wildman–Crippen LogP) is 0.861. The lowest BCUT2D eigenvalue weighted by atomic mass is 10.2. The van der Waals surface area contributed by atoms with E-state index in [0.717, 1.165) is 0 Å². The number of fused-ring (bicyclic) bond motifs is 1. The van der Waals surface area contributed by atoms with Crippen LogP contribution >= 0.6 is 0 Å². The minimum absolute atomic E-state index is 0.359. The highest BCUT2D eigenvalue weighted by Gasteiger charge is 2.15. The molecule has 2 heterocycles. The number of amides is 2. The summed E-state index contributed by atoms with van der Waals surface area (Å²) in [6, 6.07) is 8.13. The summed E-state index contributed by atoms with van der Waals surface area (Å²) in [5.41, 5.74) is 5.39. The van der Waals surface area contributed by atoms with Crippen LogP contribution in [0.2, 0.25) is 0 Å². The maximum absolute atomic E-state index is 12.0. The standard InChI is InChI=1S/C14H13N3O4/c18-13(16-17-14(19)10-2-1-5-15-10)9-3-4-11-12(8-9)21-7-6-20-11/h1-5,8,15H,6-7H2,(H,16,18)(H,17,19). The summed E-state index contributed by atoms with van der Waals surface area (Å²) in [4.78, 5) is 26.4. The van der Waals surface area contributed by atoms with Crippen molar-refractivity contribution in [2.24, 2.45) is 0 Å². The molecule has 3 N–H and O–H groups in total. The van der Waals surface area contributed by atoms with Crippen molar-refractivity contribution in [3.63, 3.8) is 0 Å². The summed E-state index contributed by atoms with van der Waals surface area (Å²) in [5, 5.41) is 0. The first-order valence-electron chi connectivity index (χ1n) is 6.38. The molecule has 108 valence electrons. The van der Waals surface area contributed by atoms with Crippen LogP contribution in [-0.4, -0.2) is 30.0 Å². The molecule has 0 radical (unpaired) electrons. The van der Waals surface area contributed by atoms with Crippen molar-refractivity contribution in [3.8, 4) is 11.5 Å². The molecule has 0 saturated heterocycles. The highest BCUT2D eigenvalue weighted by atomic mass is 16.6. The van der Waals surface area contributed by atoms with E-state index in [1.54, 1.807) is 36.5 Å². The van der Waals surface area contributed by atoms with Gasteiger partial charge in [0.25, 0.3) is 11.8 Å². The molecule has 1 aliphatic rings. The number of carbonyl (C=O) groups is 2. The van der Waals surface area contributed by atoms with Gasteiger partial charge in [0.15, 0.2) is 11.5 Å². The molecular formula is C14H13N3O4. The quantitative estimate of drug-likeness (QED) is 0.714. The molecule has 0 fully saturated rings. The smallest absolute Gasteiger partial charge is 0.286 e. The first-order valence-corrected chi connectivity index (χ1v) is 6.38. The Bertz CT molecular complexity index is 667. The van der Waals surface area contributed by atoms with Crippen molar-refractivity contribution in [3.05, 3.63) is 47.8 Å². The number of ether oxygens (including phenoxy) is 2. The fraction of sp³-hybridized carbons (Fsp3) is 0.143. The zero-order chi connectivity index (χ0) is 14.7. The van der Waals surface area contributed by atoms with Gasteiger partial charge < -0.3 is 14.5 Å². The Balaban J connectivity index is 1.64. The third kappa shape index (κ3) is 2.81. The second-order valence-corrected chi connectivity index (χ2v) is 4.35. The van der Waals surface area contributed by atoms with E-state index in [9.17, 15) is 9.59 Å². The molecule has 7 nitrogen and oxygen atoms in total. The summed E-state index contributed by atoms with van der Waals surface area (Å²) in [5.74, 6) is 0.260. The van der Waals surface area contributed by atoms with Crippen molar-refractivity contribution in [2.75, 3.05) is 13.2 Å². The lowest BCUT2D eigenvalue weighted by Gasteiger charge is -2.18. The van der Waals surface area contributed by atoms with Gasteiger partial charge in [0.2, 0.25) is 0 Å². The average Bonchev–Trinajstić information content (AvgIpc) is 3.06. The van der Waals surface area contributed by atoms with E-state index in [2.05, 4.69) is 15.8 Å². The molecule has 0 spiro atoms. The van der Waals surface area contributed by atoms with Gasteiger partial charge in [-0.3, -0.25) is 20.4 Å². The fourth-order valence-electron chi connectivity index (χ4n) is 1.91. The minimum Gasteiger partial charge on any atom is -0.486 e. The van der Waals surface area contributed by atoms with Gasteiger partial charge in [-0.25, -0.2) is 0 Å². The number of benzene rings is 1. The Kier molecular flexibility index (Phi) is 3.46. The molecule has 2 amide bonds. The number of H-pyrrole nitrogens is 1. The molecule has 1 aliphatic heterocycles. The zero-order valence-corrected chi connectivity index (χ0v) is 11.0. The van der Waals surface area contributed by atoms with Crippen LogP contribution in [0.1, 0.15) is 20.8 Å². The van der Waals surface area contributed by atoms with Crippen LogP contribution in [0.3, 0.4) is 0 Å². The van der Waals surface area contributed by atoms with Gasteiger partial charge in [-0.1, -0.05) is 0 Å². The van der Waals surface area contributed by atoms with Crippen molar-refractivity contribution >= 4 is 11.8 Å². The minimum atomic E-state index is -0.438. The Morgan fingerprint density at radius 3 is 2.52 bits per heavy atom. The van der Waals surface area contributed by atoms with Gasteiger partial charge in [0.05, 0.1) is 0 Å². The van der Waals surface area contributed by atoms with Gasteiger partial charge in [-0.15, -0.1) is 0 Å². The summed E-state index contributed by atoms with van der Waals surface area (Å²) in [6.45, 7) is 0.937. The third-order valence-electron chi connectivity index (χ3n) is 2.94. The Morgan fingerprint density at radius 2 is 1.76 bits per heavy atom. The van der Waals surface area contributed by atoms with Crippen molar-refractivity contribution in [1.82, 2.24) is 15.8 Å². The van der Waals surface area contributed by atoms with Crippen LogP contribution in [-0.2, 0) is 0 Å². The highest BCUT2D eigenvalue weighted by molar-refractivity contribution is 5.98. The van der Waals surface area contributed by atoms with Gasteiger partial charge in [0.1, 0.15) is 18.9 Å². The van der Waals surface area contributed by atoms with E-state index in [1.165, 1.54) is 0 Å². The zero-order valence-electron chi connectivity index (χ0n) is 11.0. The number of nitrogens with one attached hydrogen (secondary N) is 3. The first kappa shape index (κ1) is 13.0. The average molecular weight is 287 g/mol. The van der Waals surface area contributed by atoms with Crippen LogP contribution in [0.4, 0.5) is 0 Å². The maximum atomic E-state index is 12.0. The van der Waals surface area contributed by atoms with Gasteiger partial charge in [-0.2, -0.15) is 0 Å². The molecule has 0 unspecified atom stereocenters. The van der Waals surface area contributed by atoms with E-state index in [-0.39, 0.29) is 0 Å². The van der Waals surface area contributed by atoms with E-state index in [4.69, 9.17) is 9.47 Å². The second-order valence-electron chi connectivity index (χ2n) is 4.35. The molecule has 0 bridgehead atoms. The van der Waals surface area contributed by atoms with Crippen LogP contribution in [0.25, 0.3) is 0 Å². The van der Waals surface area contributed by atoms with Crippen molar-refractivity contribution < 1.29 is 19.1 Å².